The van der Waals surface area contributed by atoms with Crippen molar-refractivity contribution in [1.82, 2.24) is 10.3 Å². The lowest BCUT2D eigenvalue weighted by Crippen LogP contribution is -2.33. The predicted octanol–water partition coefficient (Wildman–Crippen LogP) is 3.50. The topological polar surface area (TPSA) is 128 Å². The number of ether oxygens (including phenoxy) is 1. The van der Waals surface area contributed by atoms with Crippen LogP contribution < -0.4 is 21.1 Å². The fraction of sp³-hybridized carbons (Fsp3) is 0.200. The summed E-state index contributed by atoms with van der Waals surface area (Å²) in [5.41, 5.74) is 9.78. The average Bonchev–Trinajstić information content (AvgIpc) is 3.30. The number of hydrogen-bond acceptors (Lipinski definition) is 6. The third kappa shape index (κ3) is 5.89. The number of anilines is 1. The van der Waals surface area contributed by atoms with Gasteiger partial charge in [0.2, 0.25) is 5.91 Å². The number of nitrogens with one attached hydrogen (secondary N) is 2. The molecule has 9 heteroatoms. The lowest BCUT2D eigenvalue weighted by atomic mass is 10.0. The molecule has 2 aromatic carbocycles. The Hall–Kier alpha value is -4.40. The number of nitrogens with zero attached hydrogens (tertiary/aromatic N) is 2. The summed E-state index contributed by atoms with van der Waals surface area (Å²) in [7, 11) is 0. The second-order valence-electron chi connectivity index (χ2n) is 7.83. The van der Waals surface area contributed by atoms with Crippen LogP contribution in [0, 0.1) is 6.92 Å². The molecule has 0 aliphatic carbocycles. The number of pyridine rings is 1. The molecule has 0 fully saturated rings. The molecule has 174 valence electrons. The second-order valence-corrected chi connectivity index (χ2v) is 7.83. The Morgan fingerprint density at radius 2 is 1.94 bits per heavy atom. The van der Waals surface area contributed by atoms with Gasteiger partial charge in [0.15, 0.2) is 6.10 Å². The number of primary amides is 1. The smallest absolute Gasteiger partial charge is 0.319 e. The number of carbonyl (C=O) groups excluding carboxylic acids is 2. The van der Waals surface area contributed by atoms with Crippen molar-refractivity contribution >= 4 is 23.3 Å². The van der Waals surface area contributed by atoms with Crippen molar-refractivity contribution < 1.29 is 19.2 Å². The summed E-state index contributed by atoms with van der Waals surface area (Å²) >= 11 is 0. The first-order valence-electron chi connectivity index (χ1n) is 10.8. The highest BCUT2D eigenvalue weighted by molar-refractivity contribution is 5.95. The highest BCUT2D eigenvalue weighted by atomic mass is 16.7. The van der Waals surface area contributed by atoms with Gasteiger partial charge in [-0.15, -0.1) is 0 Å². The minimum Gasteiger partial charge on any atom is -0.489 e. The monoisotopic (exact) mass is 459 g/mol. The molecule has 1 unspecified atom stereocenters. The number of urea groups is 1. The van der Waals surface area contributed by atoms with E-state index < -0.39 is 5.91 Å². The zero-order valence-corrected chi connectivity index (χ0v) is 18.7. The lowest BCUT2D eigenvalue weighted by molar-refractivity contribution is 0.0472. The maximum absolute atomic E-state index is 12.1. The lowest BCUT2D eigenvalue weighted by Gasteiger charge is -2.14. The molecule has 1 aliphatic rings. The molecule has 0 bridgehead atoms. The van der Waals surface area contributed by atoms with Crippen LogP contribution >= 0.6 is 0 Å². The predicted molar refractivity (Wildman–Crippen MR) is 129 cm³/mol. The summed E-state index contributed by atoms with van der Waals surface area (Å²) < 4.78 is 6.02. The van der Waals surface area contributed by atoms with Gasteiger partial charge >= 0.3 is 6.03 Å². The molecule has 0 radical (unpaired) electrons. The Bertz CT molecular complexity index is 1210. The third-order valence-corrected chi connectivity index (χ3v) is 5.19. The molecule has 4 N–H and O–H groups in total. The van der Waals surface area contributed by atoms with Gasteiger partial charge in [0, 0.05) is 35.1 Å². The van der Waals surface area contributed by atoms with Crippen molar-refractivity contribution in [2.24, 2.45) is 10.9 Å². The van der Waals surface area contributed by atoms with E-state index in [-0.39, 0.29) is 18.7 Å². The van der Waals surface area contributed by atoms with E-state index in [9.17, 15) is 9.59 Å². The normalized spacial score (nSPS) is 14.6. The van der Waals surface area contributed by atoms with E-state index in [0.29, 0.717) is 30.0 Å². The molecule has 0 saturated heterocycles. The number of hydrogen-bond donors (Lipinski definition) is 3. The first-order valence-corrected chi connectivity index (χ1v) is 10.8. The van der Waals surface area contributed by atoms with Crippen molar-refractivity contribution in [3.05, 3.63) is 78.1 Å². The van der Waals surface area contributed by atoms with E-state index in [0.717, 1.165) is 22.5 Å². The zero-order chi connectivity index (χ0) is 23.9. The van der Waals surface area contributed by atoms with Crippen LogP contribution in [0.25, 0.3) is 11.1 Å². The van der Waals surface area contributed by atoms with Crippen LogP contribution in [-0.4, -0.2) is 41.9 Å². The van der Waals surface area contributed by atoms with Gasteiger partial charge in [0.1, 0.15) is 12.4 Å². The summed E-state index contributed by atoms with van der Waals surface area (Å²) in [5, 5.41) is 9.60. The maximum Gasteiger partial charge on any atom is 0.319 e. The number of nitrogens with two attached hydrogens (primary N) is 1. The largest absolute Gasteiger partial charge is 0.489 e. The van der Waals surface area contributed by atoms with E-state index in [2.05, 4.69) is 20.8 Å². The van der Waals surface area contributed by atoms with Crippen LogP contribution in [0.2, 0.25) is 0 Å². The molecular formula is C25H25N5O4. The number of rotatable bonds is 8. The fourth-order valence-corrected chi connectivity index (χ4v) is 3.49. The molecule has 3 amide bonds. The maximum atomic E-state index is 12.1. The highest BCUT2D eigenvalue weighted by Gasteiger charge is 2.22. The van der Waals surface area contributed by atoms with Crippen LogP contribution in [0.5, 0.6) is 5.75 Å². The van der Waals surface area contributed by atoms with E-state index >= 15 is 0 Å². The molecule has 0 saturated carbocycles. The molecule has 2 heterocycles. The van der Waals surface area contributed by atoms with Crippen molar-refractivity contribution in [2.75, 3.05) is 18.5 Å². The second kappa shape index (κ2) is 10.5. The quantitative estimate of drug-likeness (QED) is 0.475. The molecule has 1 aromatic heterocycles. The Labute approximate surface area is 197 Å². The molecule has 34 heavy (non-hydrogen) atoms. The number of aromatic nitrogens is 1. The van der Waals surface area contributed by atoms with Crippen molar-refractivity contribution in [1.29, 1.82) is 0 Å². The van der Waals surface area contributed by atoms with Gasteiger partial charge in [0.25, 0.3) is 0 Å². The van der Waals surface area contributed by atoms with Crippen LogP contribution in [0.3, 0.4) is 0 Å². The van der Waals surface area contributed by atoms with E-state index in [1.165, 1.54) is 0 Å². The number of carbonyl (C=O) groups is 2. The molecule has 1 aliphatic heterocycles. The van der Waals surface area contributed by atoms with Gasteiger partial charge in [-0.1, -0.05) is 35.5 Å². The molecule has 0 spiro atoms. The third-order valence-electron chi connectivity index (χ3n) is 5.19. The number of oxime groups is 1. The summed E-state index contributed by atoms with van der Waals surface area (Å²) in [6.45, 7) is 2.43. The summed E-state index contributed by atoms with van der Waals surface area (Å²) in [6.07, 6.45) is 1.93. The standard InChI is InChI=1S/C25H25N5O4/c1-16-12-19(10-11-27-16)29-25(32)28-14-20-13-21(34-30-20)15-33-23-5-3-2-4-22(23)17-6-8-18(9-7-17)24(26)31/h2-12,21H,13-15H2,1H3,(H2,26,31)(H2,27,28,29,32). The van der Waals surface area contributed by atoms with E-state index in [1.807, 2.05) is 43.3 Å². The highest BCUT2D eigenvalue weighted by Crippen LogP contribution is 2.30. The van der Waals surface area contributed by atoms with Gasteiger partial charge in [-0.2, -0.15) is 0 Å². The van der Waals surface area contributed by atoms with Crippen LogP contribution in [-0.2, 0) is 4.84 Å². The van der Waals surface area contributed by atoms with Gasteiger partial charge in [-0.3, -0.25) is 9.78 Å². The molecule has 4 rings (SSSR count). The average molecular weight is 460 g/mol. The molecular weight excluding hydrogens is 434 g/mol. The minimum atomic E-state index is -0.468. The van der Waals surface area contributed by atoms with Gasteiger partial charge in [-0.25, -0.2) is 4.79 Å². The first kappa shape index (κ1) is 22.8. The van der Waals surface area contributed by atoms with Crippen molar-refractivity contribution in [2.45, 2.75) is 19.4 Å². The summed E-state index contributed by atoms with van der Waals surface area (Å²) in [6, 6.07) is 17.8. The number of benzene rings is 2. The van der Waals surface area contributed by atoms with Gasteiger partial charge < -0.3 is 25.9 Å². The number of aryl methyl sites for hydroxylation is 1. The Morgan fingerprint density at radius 3 is 2.71 bits per heavy atom. The first-order chi connectivity index (χ1) is 16.5. The molecule has 9 nitrogen and oxygen atoms in total. The molecule has 3 aromatic rings. The Morgan fingerprint density at radius 1 is 1.15 bits per heavy atom. The molecule has 1 atom stereocenters. The van der Waals surface area contributed by atoms with Crippen molar-refractivity contribution in [3.63, 3.8) is 0 Å². The Kier molecular flexibility index (Phi) is 7.02. The number of amides is 3. The summed E-state index contributed by atoms with van der Waals surface area (Å²) in [5.74, 6) is 0.223. The van der Waals surface area contributed by atoms with Crippen LogP contribution in [0.4, 0.5) is 10.5 Å². The van der Waals surface area contributed by atoms with Crippen molar-refractivity contribution in [3.8, 4) is 16.9 Å². The zero-order valence-electron chi connectivity index (χ0n) is 18.7. The van der Waals surface area contributed by atoms with Crippen LogP contribution in [0.1, 0.15) is 22.5 Å². The minimum absolute atomic E-state index is 0.256. The number of para-hydroxylation sites is 1. The van der Waals surface area contributed by atoms with Gasteiger partial charge in [0.05, 0.1) is 12.3 Å². The van der Waals surface area contributed by atoms with Gasteiger partial charge in [-0.05, 0) is 42.8 Å². The SMILES string of the molecule is Cc1cc(NC(=O)NCC2=NOC(COc3ccccc3-c3ccc(C(N)=O)cc3)C2)ccn1. The Balaban J connectivity index is 1.27. The fourth-order valence-electron chi connectivity index (χ4n) is 3.49. The van der Waals surface area contributed by atoms with Crippen LogP contribution in [0.15, 0.2) is 72.0 Å². The van der Waals surface area contributed by atoms with E-state index in [4.69, 9.17) is 15.3 Å². The summed E-state index contributed by atoms with van der Waals surface area (Å²) in [4.78, 5) is 33.0. The van der Waals surface area contributed by atoms with E-state index in [1.54, 1.807) is 30.5 Å².